The van der Waals surface area contributed by atoms with Crippen molar-refractivity contribution >= 4 is 43.8 Å². The Morgan fingerprint density at radius 2 is 2.05 bits per heavy atom. The molecular weight excluding hydrogens is 412 g/mol. The molecule has 1 amide bonds. The van der Waals surface area contributed by atoms with Gasteiger partial charge >= 0.3 is 0 Å². The fraction of sp³-hybridized carbons (Fsp3) is 0.250. The van der Waals surface area contributed by atoms with E-state index in [-0.39, 0.29) is 18.2 Å². The summed E-state index contributed by atoms with van der Waals surface area (Å²) in [5, 5.41) is 11.8. The number of nitrogens with zero attached hydrogens (tertiary/aromatic N) is 1. The van der Waals surface area contributed by atoms with Gasteiger partial charge in [-0.05, 0) is 69.5 Å². The average molecular weight is 426 g/mol. The minimum absolute atomic E-state index is 0.0322. The van der Waals surface area contributed by atoms with E-state index < -0.39 is 5.91 Å². The molecule has 1 aromatic rings. The molecule has 0 aliphatic heterocycles. The molecule has 1 aromatic carbocycles. The van der Waals surface area contributed by atoms with E-state index in [4.69, 9.17) is 16.4 Å². The van der Waals surface area contributed by atoms with Crippen molar-refractivity contribution in [2.24, 2.45) is 0 Å². The van der Waals surface area contributed by atoms with Gasteiger partial charge in [0.1, 0.15) is 24.0 Å². The van der Waals surface area contributed by atoms with E-state index in [9.17, 15) is 4.79 Å². The summed E-state index contributed by atoms with van der Waals surface area (Å²) < 4.78 is 6.75. The first-order chi connectivity index (χ1) is 10.4. The highest BCUT2D eigenvalue weighted by Crippen LogP contribution is 2.35. The van der Waals surface area contributed by atoms with Crippen LogP contribution in [0, 0.1) is 23.7 Å². The normalized spacial score (nSPS) is 10.8. The lowest BCUT2D eigenvalue weighted by molar-refractivity contribution is -0.117. The van der Waals surface area contributed by atoms with E-state index in [0.717, 1.165) is 0 Å². The topological polar surface area (TPSA) is 62.1 Å². The molecule has 114 valence electrons. The zero-order chi connectivity index (χ0) is 16.7. The van der Waals surface area contributed by atoms with E-state index in [2.05, 4.69) is 43.1 Å². The van der Waals surface area contributed by atoms with E-state index >= 15 is 0 Å². The minimum atomic E-state index is -0.405. The van der Waals surface area contributed by atoms with Crippen molar-refractivity contribution in [3.8, 4) is 24.2 Å². The van der Waals surface area contributed by atoms with Gasteiger partial charge < -0.3 is 10.1 Å². The molecule has 0 radical (unpaired) electrons. The standard InChI is InChI=1S/C16H14Br2N2O2/c1-4-5-22-15-13(17)7-11(8-14(15)18)6-12(9-19)16(21)20-10(2)3/h1,6-8,10H,5H2,2-3H3,(H,20,21)/b12-6-. The number of carbonyl (C=O) groups excluding carboxylic acids is 1. The van der Waals surface area contributed by atoms with Crippen LogP contribution in [0.15, 0.2) is 26.7 Å². The van der Waals surface area contributed by atoms with Crippen molar-refractivity contribution < 1.29 is 9.53 Å². The number of ether oxygens (including phenoxy) is 1. The largest absolute Gasteiger partial charge is 0.479 e. The minimum Gasteiger partial charge on any atom is -0.479 e. The number of hydrogen-bond acceptors (Lipinski definition) is 3. The maximum absolute atomic E-state index is 11.9. The van der Waals surface area contributed by atoms with Crippen LogP contribution in [0.4, 0.5) is 0 Å². The molecule has 0 aliphatic rings. The molecule has 0 heterocycles. The Labute approximate surface area is 146 Å². The van der Waals surface area contributed by atoms with Crippen LogP contribution in [-0.4, -0.2) is 18.6 Å². The lowest BCUT2D eigenvalue weighted by Crippen LogP contribution is -2.30. The highest BCUT2D eigenvalue weighted by atomic mass is 79.9. The second-order valence-electron chi connectivity index (χ2n) is 4.60. The van der Waals surface area contributed by atoms with Crippen molar-refractivity contribution in [3.63, 3.8) is 0 Å². The Morgan fingerprint density at radius 3 is 2.50 bits per heavy atom. The number of terminal acetylenes is 1. The van der Waals surface area contributed by atoms with E-state index in [0.29, 0.717) is 20.3 Å². The predicted molar refractivity (Wildman–Crippen MR) is 93.0 cm³/mol. The zero-order valence-corrected chi connectivity index (χ0v) is 15.3. The molecule has 0 bridgehead atoms. The van der Waals surface area contributed by atoms with Crippen LogP contribution in [0.1, 0.15) is 19.4 Å². The number of rotatable bonds is 5. The Bertz CT molecular complexity index is 659. The Hall–Kier alpha value is -1.76. The third-order valence-electron chi connectivity index (χ3n) is 2.42. The Balaban J connectivity index is 3.12. The first-order valence-electron chi connectivity index (χ1n) is 6.37. The summed E-state index contributed by atoms with van der Waals surface area (Å²) in [5.41, 5.74) is 0.715. The fourth-order valence-corrected chi connectivity index (χ4v) is 3.02. The zero-order valence-electron chi connectivity index (χ0n) is 12.1. The third-order valence-corrected chi connectivity index (χ3v) is 3.59. The van der Waals surface area contributed by atoms with Gasteiger partial charge in [-0.1, -0.05) is 5.92 Å². The van der Waals surface area contributed by atoms with E-state index in [1.54, 1.807) is 12.1 Å². The molecule has 0 atom stereocenters. The third kappa shape index (κ3) is 5.22. The first-order valence-corrected chi connectivity index (χ1v) is 7.95. The molecule has 6 heteroatoms. The molecular formula is C16H14Br2N2O2. The number of amides is 1. The number of nitriles is 1. The summed E-state index contributed by atoms with van der Waals surface area (Å²) in [4.78, 5) is 11.9. The molecule has 1 N–H and O–H groups in total. The van der Waals surface area contributed by atoms with Gasteiger partial charge in [0.2, 0.25) is 0 Å². The number of carbonyl (C=O) groups is 1. The summed E-state index contributed by atoms with van der Waals surface area (Å²) >= 11 is 6.76. The molecule has 22 heavy (non-hydrogen) atoms. The lowest BCUT2D eigenvalue weighted by atomic mass is 10.1. The van der Waals surface area contributed by atoms with Crippen molar-refractivity contribution in [2.45, 2.75) is 19.9 Å². The number of nitrogens with one attached hydrogen (secondary N) is 1. The number of halogens is 2. The molecule has 0 aromatic heterocycles. The summed E-state index contributed by atoms with van der Waals surface area (Å²) in [5.74, 6) is 2.55. The molecule has 0 spiro atoms. The molecule has 4 nitrogen and oxygen atoms in total. The molecule has 0 aliphatic carbocycles. The Morgan fingerprint density at radius 1 is 1.45 bits per heavy atom. The van der Waals surface area contributed by atoms with Crippen molar-refractivity contribution in [1.82, 2.24) is 5.32 Å². The highest BCUT2D eigenvalue weighted by Gasteiger charge is 2.12. The monoisotopic (exact) mass is 424 g/mol. The van der Waals surface area contributed by atoms with Crippen molar-refractivity contribution in [3.05, 3.63) is 32.2 Å². The lowest BCUT2D eigenvalue weighted by Gasteiger charge is -2.10. The summed E-state index contributed by atoms with van der Waals surface area (Å²) in [6.45, 7) is 3.81. The van der Waals surface area contributed by atoms with Gasteiger partial charge in [-0.3, -0.25) is 4.79 Å². The van der Waals surface area contributed by atoms with Crippen LogP contribution in [0.2, 0.25) is 0 Å². The van der Waals surface area contributed by atoms with Crippen molar-refractivity contribution in [1.29, 1.82) is 5.26 Å². The number of benzene rings is 1. The van der Waals surface area contributed by atoms with Gasteiger partial charge in [-0.25, -0.2) is 0 Å². The quantitative estimate of drug-likeness (QED) is 0.444. The second-order valence-corrected chi connectivity index (χ2v) is 6.31. The van der Waals surface area contributed by atoms with Crippen LogP contribution in [0.25, 0.3) is 6.08 Å². The van der Waals surface area contributed by atoms with Crippen LogP contribution < -0.4 is 10.1 Å². The molecule has 0 unspecified atom stereocenters. The molecule has 0 fully saturated rings. The smallest absolute Gasteiger partial charge is 0.262 e. The fourth-order valence-electron chi connectivity index (χ4n) is 1.57. The summed E-state index contributed by atoms with van der Waals surface area (Å²) in [6, 6.07) is 5.36. The van der Waals surface area contributed by atoms with Crippen molar-refractivity contribution in [2.75, 3.05) is 6.61 Å². The van der Waals surface area contributed by atoms with E-state index in [1.807, 2.05) is 19.9 Å². The van der Waals surface area contributed by atoms with Gasteiger partial charge in [-0.15, -0.1) is 6.42 Å². The van der Waals surface area contributed by atoms with Gasteiger partial charge in [0, 0.05) is 6.04 Å². The summed E-state index contributed by atoms with van der Waals surface area (Å²) in [7, 11) is 0. The van der Waals surface area contributed by atoms with Crippen LogP contribution >= 0.6 is 31.9 Å². The summed E-state index contributed by atoms with van der Waals surface area (Å²) in [6.07, 6.45) is 6.68. The first kappa shape index (κ1) is 18.3. The van der Waals surface area contributed by atoms with E-state index in [1.165, 1.54) is 6.08 Å². The Kier molecular flexibility index (Phi) is 7.17. The maximum atomic E-state index is 11.9. The second kappa shape index (κ2) is 8.63. The predicted octanol–water partition coefficient (Wildman–Crippen LogP) is 3.66. The van der Waals surface area contributed by atoms with Gasteiger partial charge in [-0.2, -0.15) is 5.26 Å². The molecule has 1 rings (SSSR count). The van der Waals surface area contributed by atoms with Crippen LogP contribution in [0.5, 0.6) is 5.75 Å². The van der Waals surface area contributed by atoms with Gasteiger partial charge in [0.25, 0.3) is 5.91 Å². The van der Waals surface area contributed by atoms with Gasteiger partial charge in [0.05, 0.1) is 8.95 Å². The van der Waals surface area contributed by atoms with Crippen LogP contribution in [0.3, 0.4) is 0 Å². The molecule has 0 saturated heterocycles. The molecule has 0 saturated carbocycles. The maximum Gasteiger partial charge on any atom is 0.262 e. The SMILES string of the molecule is C#CCOc1c(Br)cc(/C=C(/C#N)C(=O)NC(C)C)cc1Br. The van der Waals surface area contributed by atoms with Gasteiger partial charge in [0.15, 0.2) is 0 Å². The van der Waals surface area contributed by atoms with Crippen LogP contribution in [-0.2, 0) is 4.79 Å². The number of hydrogen-bond donors (Lipinski definition) is 1. The highest BCUT2D eigenvalue weighted by molar-refractivity contribution is 9.11. The average Bonchev–Trinajstić information content (AvgIpc) is 2.43.